The second-order valence-electron chi connectivity index (χ2n) is 6.48. The van der Waals surface area contributed by atoms with Crippen LogP contribution in [0.1, 0.15) is 53.5 Å². The molecule has 0 radical (unpaired) electrons. The van der Waals surface area contributed by atoms with Crippen molar-refractivity contribution in [1.82, 2.24) is 5.32 Å². The van der Waals surface area contributed by atoms with E-state index in [-0.39, 0.29) is 5.41 Å². The molecule has 1 N–H and O–H groups in total. The van der Waals surface area contributed by atoms with Crippen molar-refractivity contribution in [2.24, 2.45) is 5.92 Å². The van der Waals surface area contributed by atoms with E-state index in [9.17, 15) is 0 Å². The first-order valence-electron chi connectivity index (χ1n) is 7.87. The first-order valence-corrected chi connectivity index (χ1v) is 7.87. The summed E-state index contributed by atoms with van der Waals surface area (Å²) in [5, 5.41) is 3.47. The van der Waals surface area contributed by atoms with Gasteiger partial charge < -0.3 is 10.1 Å². The van der Waals surface area contributed by atoms with Gasteiger partial charge in [0, 0.05) is 6.04 Å². The molecule has 0 saturated carbocycles. The van der Waals surface area contributed by atoms with E-state index in [1.165, 1.54) is 5.56 Å². The summed E-state index contributed by atoms with van der Waals surface area (Å²) in [5.41, 5.74) is 1.61. The lowest BCUT2D eigenvalue weighted by Crippen LogP contribution is -2.38. The van der Waals surface area contributed by atoms with Crippen LogP contribution in [0, 0.1) is 5.92 Å². The highest BCUT2D eigenvalue weighted by molar-refractivity contribution is 5.31. The molecule has 2 nitrogen and oxygen atoms in total. The zero-order valence-corrected chi connectivity index (χ0v) is 14.0. The first-order chi connectivity index (χ1) is 9.40. The topological polar surface area (TPSA) is 21.3 Å². The Morgan fingerprint density at radius 2 is 1.70 bits per heavy atom. The smallest absolute Gasteiger partial charge is 0.119 e. The van der Waals surface area contributed by atoms with Crippen LogP contribution >= 0.6 is 0 Å². The van der Waals surface area contributed by atoms with Crippen LogP contribution in [0.5, 0.6) is 5.75 Å². The Morgan fingerprint density at radius 1 is 1.10 bits per heavy atom. The average Bonchev–Trinajstić information content (AvgIpc) is 2.43. The normalized spacial score (nSPS) is 13.6. The van der Waals surface area contributed by atoms with Crippen LogP contribution in [-0.2, 0) is 5.41 Å². The maximum Gasteiger partial charge on any atom is 0.119 e. The highest BCUT2D eigenvalue weighted by Crippen LogP contribution is 2.28. The van der Waals surface area contributed by atoms with Crippen molar-refractivity contribution in [2.45, 2.75) is 59.4 Å². The standard InChI is InChI=1S/C18H31NO/c1-7-18(5,6)15-9-11-16(12-10-15)20-13-17(14(3)4)19-8-2/h9-12,14,17,19H,7-8,13H2,1-6H3. The first kappa shape index (κ1) is 17.0. The molecule has 0 aliphatic heterocycles. The van der Waals surface area contributed by atoms with Crippen LogP contribution in [0.15, 0.2) is 24.3 Å². The van der Waals surface area contributed by atoms with Crippen LogP contribution in [-0.4, -0.2) is 19.2 Å². The molecule has 1 rings (SSSR count). The lowest BCUT2D eigenvalue weighted by atomic mass is 9.82. The third-order valence-corrected chi connectivity index (χ3v) is 4.22. The van der Waals surface area contributed by atoms with Gasteiger partial charge in [-0.05, 0) is 42.0 Å². The molecule has 0 fully saturated rings. The van der Waals surface area contributed by atoms with Crippen LogP contribution in [0.3, 0.4) is 0 Å². The quantitative estimate of drug-likeness (QED) is 0.761. The predicted molar refractivity (Wildman–Crippen MR) is 87.6 cm³/mol. The van der Waals surface area contributed by atoms with Crippen molar-refractivity contribution >= 4 is 0 Å². The Bertz CT molecular complexity index is 381. The molecule has 0 amide bonds. The number of likely N-dealkylation sites (N-methyl/N-ethyl adjacent to an activating group) is 1. The Labute approximate surface area is 124 Å². The molecule has 20 heavy (non-hydrogen) atoms. The van der Waals surface area contributed by atoms with Gasteiger partial charge in [-0.15, -0.1) is 0 Å². The number of ether oxygens (including phenoxy) is 1. The van der Waals surface area contributed by atoms with Gasteiger partial charge in [0.1, 0.15) is 12.4 Å². The third-order valence-electron chi connectivity index (χ3n) is 4.22. The second kappa shape index (κ2) is 7.68. The maximum atomic E-state index is 5.92. The summed E-state index contributed by atoms with van der Waals surface area (Å²) < 4.78 is 5.92. The highest BCUT2D eigenvalue weighted by Gasteiger charge is 2.18. The van der Waals surface area contributed by atoms with E-state index in [0.717, 1.165) is 25.3 Å². The van der Waals surface area contributed by atoms with Crippen LogP contribution < -0.4 is 10.1 Å². The molecule has 1 unspecified atom stereocenters. The Hall–Kier alpha value is -1.02. The van der Waals surface area contributed by atoms with Crippen molar-refractivity contribution < 1.29 is 4.74 Å². The number of hydrogen-bond donors (Lipinski definition) is 1. The van der Waals surface area contributed by atoms with Crippen molar-refractivity contribution in [3.8, 4) is 5.75 Å². The summed E-state index contributed by atoms with van der Waals surface area (Å²) in [7, 11) is 0. The van der Waals surface area contributed by atoms with Crippen molar-refractivity contribution in [1.29, 1.82) is 0 Å². The number of hydrogen-bond acceptors (Lipinski definition) is 2. The largest absolute Gasteiger partial charge is 0.492 e. The van der Waals surface area contributed by atoms with Crippen LogP contribution in [0.2, 0.25) is 0 Å². The van der Waals surface area contributed by atoms with Gasteiger partial charge in [-0.25, -0.2) is 0 Å². The molecule has 1 atom stereocenters. The van der Waals surface area contributed by atoms with Crippen LogP contribution in [0.4, 0.5) is 0 Å². The number of benzene rings is 1. The van der Waals surface area contributed by atoms with Gasteiger partial charge in [0.15, 0.2) is 0 Å². The van der Waals surface area contributed by atoms with E-state index < -0.39 is 0 Å². The fourth-order valence-corrected chi connectivity index (χ4v) is 2.14. The van der Waals surface area contributed by atoms with Gasteiger partial charge in [-0.1, -0.05) is 53.7 Å². The summed E-state index contributed by atoms with van der Waals surface area (Å²) >= 11 is 0. The van der Waals surface area contributed by atoms with E-state index in [2.05, 4.69) is 71.1 Å². The molecule has 2 heteroatoms. The van der Waals surface area contributed by atoms with Gasteiger partial charge in [-0.2, -0.15) is 0 Å². The summed E-state index contributed by atoms with van der Waals surface area (Å²) in [4.78, 5) is 0. The van der Waals surface area contributed by atoms with E-state index >= 15 is 0 Å². The molecule has 114 valence electrons. The third kappa shape index (κ3) is 4.82. The molecular formula is C18H31NO. The monoisotopic (exact) mass is 277 g/mol. The molecule has 1 aromatic rings. The minimum Gasteiger partial charge on any atom is -0.492 e. The Balaban J connectivity index is 2.61. The zero-order valence-electron chi connectivity index (χ0n) is 14.0. The fraction of sp³-hybridized carbons (Fsp3) is 0.667. The number of rotatable bonds is 8. The van der Waals surface area contributed by atoms with E-state index in [0.29, 0.717) is 12.0 Å². The predicted octanol–water partition coefficient (Wildman–Crippen LogP) is 4.39. The molecule has 1 aromatic carbocycles. The van der Waals surface area contributed by atoms with Crippen molar-refractivity contribution in [3.63, 3.8) is 0 Å². The van der Waals surface area contributed by atoms with Gasteiger partial charge in [0.05, 0.1) is 0 Å². The van der Waals surface area contributed by atoms with Gasteiger partial charge >= 0.3 is 0 Å². The average molecular weight is 277 g/mol. The Kier molecular flexibility index (Phi) is 6.54. The summed E-state index contributed by atoms with van der Waals surface area (Å²) in [6.45, 7) is 15.1. The van der Waals surface area contributed by atoms with Crippen molar-refractivity contribution in [2.75, 3.05) is 13.2 Å². The van der Waals surface area contributed by atoms with E-state index in [1.54, 1.807) is 0 Å². The van der Waals surface area contributed by atoms with Crippen LogP contribution in [0.25, 0.3) is 0 Å². The van der Waals surface area contributed by atoms with E-state index in [1.807, 2.05) is 0 Å². The molecule has 0 heterocycles. The molecule has 0 aliphatic carbocycles. The minimum atomic E-state index is 0.239. The molecule has 0 saturated heterocycles. The molecular weight excluding hydrogens is 246 g/mol. The summed E-state index contributed by atoms with van der Waals surface area (Å²) in [5.74, 6) is 1.54. The highest BCUT2D eigenvalue weighted by atomic mass is 16.5. The molecule has 0 aromatic heterocycles. The lowest BCUT2D eigenvalue weighted by Gasteiger charge is -2.24. The summed E-state index contributed by atoms with van der Waals surface area (Å²) in [6, 6.07) is 8.98. The van der Waals surface area contributed by atoms with E-state index in [4.69, 9.17) is 4.74 Å². The second-order valence-corrected chi connectivity index (χ2v) is 6.48. The van der Waals surface area contributed by atoms with Crippen molar-refractivity contribution in [3.05, 3.63) is 29.8 Å². The number of nitrogens with one attached hydrogen (secondary N) is 1. The molecule has 0 spiro atoms. The zero-order chi connectivity index (χ0) is 15.2. The minimum absolute atomic E-state index is 0.239. The molecule has 0 aliphatic rings. The lowest BCUT2D eigenvalue weighted by molar-refractivity contribution is 0.232. The van der Waals surface area contributed by atoms with Gasteiger partial charge in [0.25, 0.3) is 0 Å². The fourth-order valence-electron chi connectivity index (χ4n) is 2.14. The van der Waals surface area contributed by atoms with Gasteiger partial charge in [0.2, 0.25) is 0 Å². The van der Waals surface area contributed by atoms with Gasteiger partial charge in [-0.3, -0.25) is 0 Å². The maximum absolute atomic E-state index is 5.92. The summed E-state index contributed by atoms with van der Waals surface area (Å²) in [6.07, 6.45) is 1.14. The Morgan fingerprint density at radius 3 is 2.15 bits per heavy atom. The molecule has 0 bridgehead atoms. The SMILES string of the molecule is CCNC(COc1ccc(C(C)(C)CC)cc1)C(C)C.